The first-order chi connectivity index (χ1) is 10.6. The summed E-state index contributed by atoms with van der Waals surface area (Å²) in [7, 11) is 0. The summed E-state index contributed by atoms with van der Waals surface area (Å²) < 4.78 is 5.50. The minimum absolute atomic E-state index is 0.129. The van der Waals surface area contributed by atoms with Crippen molar-refractivity contribution < 1.29 is 4.74 Å². The molecule has 0 aliphatic carbocycles. The average Bonchev–Trinajstić information content (AvgIpc) is 2.46. The van der Waals surface area contributed by atoms with E-state index in [1.165, 1.54) is 11.1 Å². The van der Waals surface area contributed by atoms with Crippen LogP contribution in [0.2, 0.25) is 0 Å². The van der Waals surface area contributed by atoms with Gasteiger partial charge in [0.15, 0.2) is 11.2 Å². The molecule has 0 unspecified atom stereocenters. The second-order valence-corrected chi connectivity index (χ2v) is 5.12. The molecule has 2 N–H and O–H groups in total. The molecule has 2 heterocycles. The predicted molar refractivity (Wildman–Crippen MR) is 85.6 cm³/mol. The van der Waals surface area contributed by atoms with Crippen LogP contribution in [0.4, 0.5) is 5.95 Å². The number of nitrogen functional groups attached to an aromatic ring is 1. The zero-order valence-electron chi connectivity index (χ0n) is 12.8. The van der Waals surface area contributed by atoms with Crippen LogP contribution in [0.5, 0.6) is 5.88 Å². The summed E-state index contributed by atoms with van der Waals surface area (Å²) in [5.74, 6) is 0.494. The topological polar surface area (TPSA) is 86.8 Å². The number of aryl methyl sites for hydroxylation is 2. The van der Waals surface area contributed by atoms with E-state index in [4.69, 9.17) is 10.5 Å². The summed E-state index contributed by atoms with van der Waals surface area (Å²) in [5.41, 5.74) is 10.7. The van der Waals surface area contributed by atoms with Gasteiger partial charge in [0.1, 0.15) is 0 Å². The van der Waals surface area contributed by atoms with E-state index in [9.17, 15) is 0 Å². The molecule has 112 valence electrons. The van der Waals surface area contributed by atoms with Crippen molar-refractivity contribution in [1.82, 2.24) is 19.9 Å². The second-order valence-electron chi connectivity index (χ2n) is 5.12. The molecule has 0 saturated carbocycles. The Morgan fingerprint density at radius 3 is 2.45 bits per heavy atom. The van der Waals surface area contributed by atoms with Crippen LogP contribution in [-0.4, -0.2) is 26.5 Å². The van der Waals surface area contributed by atoms with Crippen molar-refractivity contribution in [3.05, 3.63) is 35.5 Å². The van der Waals surface area contributed by atoms with Gasteiger partial charge in [-0.25, -0.2) is 9.97 Å². The van der Waals surface area contributed by atoms with Gasteiger partial charge in [-0.2, -0.15) is 9.97 Å². The molecule has 0 aliphatic heterocycles. The number of rotatable bonds is 3. The SMILES string of the molecule is CCOc1nc(N)nc2ncc(-c3cc(C)cc(C)c3)nc12. The van der Waals surface area contributed by atoms with Gasteiger partial charge in [-0.05, 0) is 32.9 Å². The fraction of sp³-hybridized carbons (Fsp3) is 0.250. The lowest BCUT2D eigenvalue weighted by Gasteiger charge is -2.08. The molecule has 0 bridgehead atoms. The van der Waals surface area contributed by atoms with E-state index in [1.54, 1.807) is 6.20 Å². The molecular formula is C16H17N5O. The highest BCUT2D eigenvalue weighted by atomic mass is 16.5. The van der Waals surface area contributed by atoms with E-state index in [0.717, 1.165) is 11.3 Å². The zero-order valence-corrected chi connectivity index (χ0v) is 12.8. The van der Waals surface area contributed by atoms with E-state index < -0.39 is 0 Å². The second kappa shape index (κ2) is 5.55. The molecule has 2 aromatic heterocycles. The van der Waals surface area contributed by atoms with Gasteiger partial charge >= 0.3 is 0 Å². The molecule has 0 aliphatic rings. The highest BCUT2D eigenvalue weighted by molar-refractivity contribution is 5.79. The number of fused-ring (bicyclic) bond motifs is 1. The fourth-order valence-electron chi connectivity index (χ4n) is 2.40. The average molecular weight is 295 g/mol. The van der Waals surface area contributed by atoms with Crippen molar-refractivity contribution in [2.45, 2.75) is 20.8 Å². The molecule has 1 aromatic carbocycles. The number of hydrogen-bond donors (Lipinski definition) is 1. The Balaban J connectivity index is 2.20. The van der Waals surface area contributed by atoms with Gasteiger partial charge in [0, 0.05) is 5.56 Å². The number of aromatic nitrogens is 4. The summed E-state index contributed by atoms with van der Waals surface area (Å²) in [6.45, 7) is 6.47. The summed E-state index contributed by atoms with van der Waals surface area (Å²) in [5, 5.41) is 0. The third-order valence-electron chi connectivity index (χ3n) is 3.19. The van der Waals surface area contributed by atoms with Crippen LogP contribution >= 0.6 is 0 Å². The molecule has 0 atom stereocenters. The molecular weight excluding hydrogens is 278 g/mol. The van der Waals surface area contributed by atoms with E-state index >= 15 is 0 Å². The van der Waals surface area contributed by atoms with Gasteiger partial charge in [0.2, 0.25) is 11.8 Å². The van der Waals surface area contributed by atoms with Crippen molar-refractivity contribution in [2.24, 2.45) is 0 Å². The van der Waals surface area contributed by atoms with Crippen LogP contribution in [0.25, 0.3) is 22.4 Å². The summed E-state index contributed by atoms with van der Waals surface area (Å²) in [4.78, 5) is 17.2. The van der Waals surface area contributed by atoms with Crippen LogP contribution < -0.4 is 10.5 Å². The van der Waals surface area contributed by atoms with E-state index in [2.05, 4.69) is 52.0 Å². The Hall–Kier alpha value is -2.76. The first-order valence-electron chi connectivity index (χ1n) is 7.08. The fourth-order valence-corrected chi connectivity index (χ4v) is 2.40. The first-order valence-corrected chi connectivity index (χ1v) is 7.08. The maximum atomic E-state index is 5.67. The predicted octanol–water partition coefficient (Wildman–Crippen LogP) is 2.68. The number of anilines is 1. The molecule has 6 nitrogen and oxygen atoms in total. The van der Waals surface area contributed by atoms with Crippen LogP contribution in [0.3, 0.4) is 0 Å². The van der Waals surface area contributed by atoms with Crippen LogP contribution in [-0.2, 0) is 0 Å². The molecule has 0 saturated heterocycles. The summed E-state index contributed by atoms with van der Waals surface area (Å²) in [6, 6.07) is 6.26. The van der Waals surface area contributed by atoms with Gasteiger partial charge in [-0.1, -0.05) is 17.2 Å². The van der Waals surface area contributed by atoms with Gasteiger partial charge in [-0.15, -0.1) is 0 Å². The van der Waals surface area contributed by atoms with Crippen molar-refractivity contribution >= 4 is 17.1 Å². The van der Waals surface area contributed by atoms with Crippen LogP contribution in [0.1, 0.15) is 18.1 Å². The molecule has 0 radical (unpaired) electrons. The van der Waals surface area contributed by atoms with Crippen molar-refractivity contribution in [2.75, 3.05) is 12.3 Å². The minimum Gasteiger partial charge on any atom is -0.476 e. The lowest BCUT2D eigenvalue weighted by Crippen LogP contribution is -2.04. The number of benzene rings is 1. The number of nitrogens with two attached hydrogens (primary N) is 1. The first kappa shape index (κ1) is 14.2. The van der Waals surface area contributed by atoms with E-state index in [0.29, 0.717) is 23.7 Å². The Morgan fingerprint density at radius 2 is 1.77 bits per heavy atom. The van der Waals surface area contributed by atoms with Crippen molar-refractivity contribution in [3.63, 3.8) is 0 Å². The molecule has 3 aromatic rings. The Labute approximate surface area is 128 Å². The van der Waals surface area contributed by atoms with Gasteiger partial charge in [-0.3, -0.25) is 0 Å². The van der Waals surface area contributed by atoms with Crippen LogP contribution in [0, 0.1) is 13.8 Å². The van der Waals surface area contributed by atoms with Crippen molar-refractivity contribution in [3.8, 4) is 17.1 Å². The monoisotopic (exact) mass is 295 g/mol. The number of hydrogen-bond acceptors (Lipinski definition) is 6. The third-order valence-corrected chi connectivity index (χ3v) is 3.19. The molecule has 0 spiro atoms. The smallest absolute Gasteiger partial charge is 0.247 e. The molecule has 0 amide bonds. The summed E-state index contributed by atoms with van der Waals surface area (Å²) in [6.07, 6.45) is 1.69. The van der Waals surface area contributed by atoms with Gasteiger partial charge < -0.3 is 10.5 Å². The van der Waals surface area contributed by atoms with Gasteiger partial charge in [0.05, 0.1) is 18.5 Å². The lowest BCUT2D eigenvalue weighted by molar-refractivity contribution is 0.330. The number of nitrogens with zero attached hydrogens (tertiary/aromatic N) is 4. The Morgan fingerprint density at radius 1 is 1.05 bits per heavy atom. The molecule has 6 heteroatoms. The maximum Gasteiger partial charge on any atom is 0.247 e. The third kappa shape index (κ3) is 2.67. The highest BCUT2D eigenvalue weighted by Gasteiger charge is 2.12. The Kier molecular flexibility index (Phi) is 3.58. The highest BCUT2D eigenvalue weighted by Crippen LogP contribution is 2.25. The molecule has 3 rings (SSSR count). The largest absolute Gasteiger partial charge is 0.476 e. The minimum atomic E-state index is 0.129. The normalized spacial score (nSPS) is 10.9. The lowest BCUT2D eigenvalue weighted by atomic mass is 10.1. The zero-order chi connectivity index (χ0) is 15.7. The molecule has 0 fully saturated rings. The summed E-state index contributed by atoms with van der Waals surface area (Å²) >= 11 is 0. The number of ether oxygens (including phenoxy) is 1. The van der Waals surface area contributed by atoms with Crippen molar-refractivity contribution in [1.29, 1.82) is 0 Å². The quantitative estimate of drug-likeness (QED) is 0.799. The van der Waals surface area contributed by atoms with Crippen LogP contribution in [0.15, 0.2) is 24.4 Å². The molecule has 22 heavy (non-hydrogen) atoms. The van der Waals surface area contributed by atoms with E-state index in [-0.39, 0.29) is 5.95 Å². The Bertz CT molecular complexity index is 827. The van der Waals surface area contributed by atoms with Gasteiger partial charge in [0.25, 0.3) is 0 Å². The maximum absolute atomic E-state index is 5.67. The van der Waals surface area contributed by atoms with E-state index in [1.807, 2.05) is 6.92 Å². The standard InChI is InChI=1S/C16H17N5O/c1-4-22-15-13-14(20-16(17)21-15)18-8-12(19-13)11-6-9(2)5-10(3)7-11/h5-8H,4H2,1-3H3,(H2,17,18,20,21).